The molecule has 0 fully saturated rings. The fraction of sp³-hybridized carbons (Fsp3) is 0.500. The third-order valence-corrected chi connectivity index (χ3v) is 2.61. The first-order valence-corrected chi connectivity index (χ1v) is 6.05. The number of hydrogen-bond acceptors (Lipinski definition) is 2. The molecule has 0 amide bonds. The van der Waals surface area contributed by atoms with Crippen LogP contribution in [0.1, 0.15) is 44.0 Å². The highest BCUT2D eigenvalue weighted by molar-refractivity contribution is 5.99. The van der Waals surface area contributed by atoms with Crippen molar-refractivity contribution < 1.29 is 4.79 Å². The summed E-state index contributed by atoms with van der Waals surface area (Å²) in [7, 11) is 0. The maximum Gasteiger partial charge on any atom is 0.161 e. The van der Waals surface area contributed by atoms with Crippen LogP contribution in [0.4, 0.5) is 5.69 Å². The number of hydrogen-bond donors (Lipinski definition) is 0. The van der Waals surface area contributed by atoms with Crippen molar-refractivity contribution in [3.05, 3.63) is 29.8 Å². The number of rotatable bonds is 6. The second-order valence-corrected chi connectivity index (χ2v) is 4.06. The van der Waals surface area contributed by atoms with E-state index in [4.69, 9.17) is 0 Å². The van der Waals surface area contributed by atoms with Crippen molar-refractivity contribution in [3.8, 4) is 0 Å². The molecule has 0 bridgehead atoms. The second kappa shape index (κ2) is 6.31. The Hall–Kier alpha value is -1.31. The third kappa shape index (κ3) is 3.09. The summed E-state index contributed by atoms with van der Waals surface area (Å²) >= 11 is 0. The minimum Gasteiger partial charge on any atom is -0.371 e. The minimum atomic E-state index is 0.146. The summed E-state index contributed by atoms with van der Waals surface area (Å²) in [6.45, 7) is 7.99. The van der Waals surface area contributed by atoms with Gasteiger partial charge >= 0.3 is 0 Å². The van der Waals surface area contributed by atoms with Crippen molar-refractivity contribution in [2.45, 2.75) is 33.6 Å². The summed E-state index contributed by atoms with van der Waals surface area (Å²) in [5, 5.41) is 0. The number of carbonyl (C=O) groups is 1. The van der Waals surface area contributed by atoms with E-state index in [1.165, 1.54) is 0 Å². The van der Waals surface area contributed by atoms with Crippen LogP contribution in [0.15, 0.2) is 24.3 Å². The first kappa shape index (κ1) is 12.8. The topological polar surface area (TPSA) is 20.3 Å². The molecule has 0 saturated carbocycles. The van der Waals surface area contributed by atoms with Gasteiger partial charge in [-0.05, 0) is 31.9 Å². The highest BCUT2D eigenvalue weighted by Gasteiger charge is 2.11. The quantitative estimate of drug-likeness (QED) is 0.682. The smallest absolute Gasteiger partial charge is 0.161 e. The molecule has 0 radical (unpaired) electrons. The summed E-state index contributed by atoms with van der Waals surface area (Å²) in [4.78, 5) is 13.9. The molecule has 0 aromatic heterocycles. The van der Waals surface area contributed by atoms with E-state index in [9.17, 15) is 4.79 Å². The van der Waals surface area contributed by atoms with Crippen LogP contribution in [-0.2, 0) is 0 Å². The molecule has 1 aromatic rings. The molecule has 16 heavy (non-hydrogen) atoms. The van der Waals surface area contributed by atoms with Gasteiger partial charge in [0.15, 0.2) is 5.78 Å². The second-order valence-electron chi connectivity index (χ2n) is 4.06. The van der Waals surface area contributed by atoms with Gasteiger partial charge in [-0.2, -0.15) is 0 Å². The molecule has 1 aromatic carbocycles. The molecule has 0 spiro atoms. The van der Waals surface area contributed by atoms with E-state index in [2.05, 4.69) is 18.7 Å². The van der Waals surface area contributed by atoms with Crippen LogP contribution in [-0.4, -0.2) is 18.9 Å². The van der Waals surface area contributed by atoms with Gasteiger partial charge in [-0.25, -0.2) is 0 Å². The molecular formula is C14H21NO. The maximum absolute atomic E-state index is 11.6. The van der Waals surface area contributed by atoms with Gasteiger partial charge in [0.2, 0.25) is 0 Å². The zero-order chi connectivity index (χ0) is 12.0. The fourth-order valence-electron chi connectivity index (χ4n) is 1.94. The van der Waals surface area contributed by atoms with E-state index in [1.54, 1.807) is 6.92 Å². The number of Topliss-reactive ketones (excluding diaryl/α,β-unsaturated/α-hetero) is 1. The van der Waals surface area contributed by atoms with E-state index in [0.717, 1.165) is 37.2 Å². The number of ketones is 1. The summed E-state index contributed by atoms with van der Waals surface area (Å²) in [5.41, 5.74) is 1.92. The van der Waals surface area contributed by atoms with E-state index in [-0.39, 0.29) is 5.78 Å². The lowest BCUT2D eigenvalue weighted by Gasteiger charge is -2.25. The normalized spacial score (nSPS) is 10.2. The van der Waals surface area contributed by atoms with E-state index < -0.39 is 0 Å². The number of carbonyl (C=O) groups excluding carboxylic acids is 1. The molecule has 0 unspecified atom stereocenters. The van der Waals surface area contributed by atoms with Crippen LogP contribution < -0.4 is 4.90 Å². The van der Waals surface area contributed by atoms with Crippen molar-refractivity contribution >= 4 is 11.5 Å². The fourth-order valence-corrected chi connectivity index (χ4v) is 1.94. The average Bonchev–Trinajstić information content (AvgIpc) is 2.29. The molecular weight excluding hydrogens is 198 g/mol. The Kier molecular flexibility index (Phi) is 5.03. The molecule has 0 N–H and O–H groups in total. The summed E-state index contributed by atoms with van der Waals surface area (Å²) in [6, 6.07) is 7.88. The van der Waals surface area contributed by atoms with Crippen molar-refractivity contribution in [2.75, 3.05) is 18.0 Å². The van der Waals surface area contributed by atoms with Crippen molar-refractivity contribution in [3.63, 3.8) is 0 Å². The van der Waals surface area contributed by atoms with Crippen LogP contribution in [0.5, 0.6) is 0 Å². The van der Waals surface area contributed by atoms with Gasteiger partial charge in [-0.3, -0.25) is 4.79 Å². The molecule has 2 heteroatoms. The lowest BCUT2D eigenvalue weighted by molar-refractivity contribution is 0.101. The van der Waals surface area contributed by atoms with Gasteiger partial charge in [0.1, 0.15) is 0 Å². The van der Waals surface area contributed by atoms with Crippen molar-refractivity contribution in [2.24, 2.45) is 0 Å². The van der Waals surface area contributed by atoms with Crippen LogP contribution in [0.3, 0.4) is 0 Å². The van der Waals surface area contributed by atoms with Crippen molar-refractivity contribution in [1.82, 2.24) is 0 Å². The van der Waals surface area contributed by atoms with Crippen LogP contribution in [0.2, 0.25) is 0 Å². The highest BCUT2D eigenvalue weighted by Crippen LogP contribution is 2.21. The van der Waals surface area contributed by atoms with Gasteiger partial charge in [0.25, 0.3) is 0 Å². The zero-order valence-electron chi connectivity index (χ0n) is 10.5. The number of para-hydroxylation sites is 1. The average molecular weight is 219 g/mol. The lowest BCUT2D eigenvalue weighted by atomic mass is 10.1. The van der Waals surface area contributed by atoms with Gasteiger partial charge in [0.05, 0.1) is 0 Å². The van der Waals surface area contributed by atoms with Crippen molar-refractivity contribution in [1.29, 1.82) is 0 Å². The summed E-state index contributed by atoms with van der Waals surface area (Å²) < 4.78 is 0. The molecule has 2 nitrogen and oxygen atoms in total. The van der Waals surface area contributed by atoms with E-state index in [1.807, 2.05) is 24.3 Å². The Morgan fingerprint density at radius 2 is 1.69 bits per heavy atom. The maximum atomic E-state index is 11.6. The Labute approximate surface area is 98.3 Å². The van der Waals surface area contributed by atoms with Gasteiger partial charge in [0, 0.05) is 24.3 Å². The lowest BCUT2D eigenvalue weighted by Crippen LogP contribution is -2.26. The number of benzene rings is 1. The zero-order valence-corrected chi connectivity index (χ0v) is 10.5. The Morgan fingerprint density at radius 1 is 1.12 bits per heavy atom. The van der Waals surface area contributed by atoms with Crippen LogP contribution >= 0.6 is 0 Å². The standard InChI is InChI=1S/C14H21NO/c1-4-10-15(11-5-2)14-9-7-6-8-13(14)12(3)16/h6-9H,4-5,10-11H2,1-3H3. The SMILES string of the molecule is CCCN(CCC)c1ccccc1C(C)=O. The van der Waals surface area contributed by atoms with Crippen LogP contribution in [0.25, 0.3) is 0 Å². The molecule has 0 saturated heterocycles. The third-order valence-electron chi connectivity index (χ3n) is 2.61. The Bertz CT molecular complexity index is 340. The first-order chi connectivity index (χ1) is 7.70. The highest BCUT2D eigenvalue weighted by atomic mass is 16.1. The summed E-state index contributed by atoms with van der Waals surface area (Å²) in [6.07, 6.45) is 2.21. The molecule has 1 rings (SSSR count). The van der Waals surface area contributed by atoms with E-state index in [0.29, 0.717) is 0 Å². The predicted molar refractivity (Wildman–Crippen MR) is 69.2 cm³/mol. The predicted octanol–water partition coefficient (Wildman–Crippen LogP) is 3.52. The first-order valence-electron chi connectivity index (χ1n) is 6.05. The van der Waals surface area contributed by atoms with Gasteiger partial charge < -0.3 is 4.90 Å². The molecule has 0 atom stereocenters. The molecule has 0 aliphatic carbocycles. The van der Waals surface area contributed by atoms with Crippen LogP contribution in [0, 0.1) is 0 Å². The Balaban J connectivity index is 3.02. The Morgan fingerprint density at radius 3 is 2.19 bits per heavy atom. The van der Waals surface area contributed by atoms with Gasteiger partial charge in [-0.1, -0.05) is 26.0 Å². The molecule has 0 aliphatic heterocycles. The van der Waals surface area contributed by atoms with E-state index >= 15 is 0 Å². The number of nitrogens with zero attached hydrogens (tertiary/aromatic N) is 1. The summed E-state index contributed by atoms with van der Waals surface area (Å²) in [5.74, 6) is 0.146. The molecule has 88 valence electrons. The largest absolute Gasteiger partial charge is 0.371 e. The molecule has 0 aliphatic rings. The molecule has 0 heterocycles. The minimum absolute atomic E-state index is 0.146. The van der Waals surface area contributed by atoms with Gasteiger partial charge in [-0.15, -0.1) is 0 Å². The monoisotopic (exact) mass is 219 g/mol. The number of anilines is 1.